The summed E-state index contributed by atoms with van der Waals surface area (Å²) in [5, 5.41) is 1.72. The summed E-state index contributed by atoms with van der Waals surface area (Å²) in [6.07, 6.45) is 3.23. The molecule has 0 aromatic carbocycles. The summed E-state index contributed by atoms with van der Waals surface area (Å²) in [7, 11) is 0. The van der Waals surface area contributed by atoms with Crippen LogP contribution >= 0.6 is 11.8 Å². The Bertz CT molecular complexity index is 98.3. The second-order valence-electron chi connectivity index (χ2n) is 1.77. The molecule has 40 valence electrons. The van der Waals surface area contributed by atoms with Gasteiger partial charge in [0.2, 0.25) is 0 Å². The van der Waals surface area contributed by atoms with Crippen LogP contribution in [0, 0.1) is 0 Å². The normalized spacial score (nSPS) is 30.4. The SMILES string of the molecule is C[C@@H]1CC=C(N)S1. The van der Waals surface area contributed by atoms with E-state index in [1.165, 1.54) is 0 Å². The molecule has 0 spiro atoms. The Kier molecular flexibility index (Phi) is 1.28. The van der Waals surface area contributed by atoms with E-state index in [1.807, 2.05) is 0 Å². The van der Waals surface area contributed by atoms with Crippen molar-refractivity contribution >= 4 is 11.8 Å². The molecule has 0 aromatic heterocycles. The van der Waals surface area contributed by atoms with Crippen LogP contribution < -0.4 is 5.73 Å². The molecule has 0 unspecified atom stereocenters. The molecular formula is C5H9NS. The molecular weight excluding hydrogens is 106 g/mol. The molecule has 0 radical (unpaired) electrons. The first-order valence-corrected chi connectivity index (χ1v) is 3.29. The van der Waals surface area contributed by atoms with Crippen molar-refractivity contribution in [1.29, 1.82) is 0 Å². The van der Waals surface area contributed by atoms with E-state index in [-0.39, 0.29) is 0 Å². The molecule has 0 bridgehead atoms. The molecule has 1 aliphatic rings. The first kappa shape index (κ1) is 5.04. The van der Waals surface area contributed by atoms with E-state index >= 15 is 0 Å². The molecule has 1 rings (SSSR count). The van der Waals surface area contributed by atoms with Gasteiger partial charge in [0, 0.05) is 5.25 Å². The smallest absolute Gasteiger partial charge is 0.0617 e. The predicted molar refractivity (Wildman–Crippen MR) is 33.9 cm³/mol. The second kappa shape index (κ2) is 1.78. The minimum Gasteiger partial charge on any atom is -0.394 e. The van der Waals surface area contributed by atoms with Gasteiger partial charge >= 0.3 is 0 Å². The van der Waals surface area contributed by atoms with Crippen LogP contribution in [0.5, 0.6) is 0 Å². The van der Waals surface area contributed by atoms with Crippen molar-refractivity contribution in [3.8, 4) is 0 Å². The van der Waals surface area contributed by atoms with Gasteiger partial charge in [0.15, 0.2) is 0 Å². The van der Waals surface area contributed by atoms with Crippen molar-refractivity contribution in [2.45, 2.75) is 18.6 Å². The standard InChI is InChI=1S/C5H9NS/c1-4-2-3-5(6)7-4/h3-4H,2,6H2,1H3/t4-/m1/s1. The lowest BCUT2D eigenvalue weighted by molar-refractivity contribution is 1.00. The minimum atomic E-state index is 0.722. The maximum Gasteiger partial charge on any atom is 0.0617 e. The van der Waals surface area contributed by atoms with Gasteiger partial charge < -0.3 is 5.73 Å². The molecule has 0 saturated carbocycles. The quantitative estimate of drug-likeness (QED) is 0.515. The van der Waals surface area contributed by atoms with Gasteiger partial charge in [0.1, 0.15) is 0 Å². The molecule has 1 aliphatic heterocycles. The zero-order valence-electron chi connectivity index (χ0n) is 4.35. The maximum atomic E-state index is 5.45. The molecule has 1 atom stereocenters. The number of allylic oxidation sites excluding steroid dienone is 1. The van der Waals surface area contributed by atoms with Gasteiger partial charge in [-0.25, -0.2) is 0 Å². The fourth-order valence-electron chi connectivity index (χ4n) is 0.611. The molecule has 0 aromatic rings. The van der Waals surface area contributed by atoms with Crippen LogP contribution in [0.15, 0.2) is 11.1 Å². The Hall–Kier alpha value is -0.110. The van der Waals surface area contributed by atoms with Crippen molar-refractivity contribution in [2.75, 3.05) is 0 Å². The van der Waals surface area contributed by atoms with Gasteiger partial charge in [-0.2, -0.15) is 0 Å². The lowest BCUT2D eigenvalue weighted by Crippen LogP contribution is -1.89. The van der Waals surface area contributed by atoms with E-state index in [0.29, 0.717) is 0 Å². The molecule has 0 saturated heterocycles. The van der Waals surface area contributed by atoms with Crippen LogP contribution in [-0.2, 0) is 0 Å². The third kappa shape index (κ3) is 1.13. The highest BCUT2D eigenvalue weighted by Crippen LogP contribution is 2.27. The first-order chi connectivity index (χ1) is 3.29. The van der Waals surface area contributed by atoms with Crippen LogP contribution in [0.25, 0.3) is 0 Å². The van der Waals surface area contributed by atoms with Gasteiger partial charge in [-0.15, -0.1) is 11.8 Å². The van der Waals surface area contributed by atoms with Gasteiger partial charge in [0.25, 0.3) is 0 Å². The summed E-state index contributed by atoms with van der Waals surface area (Å²) in [5.41, 5.74) is 5.45. The van der Waals surface area contributed by atoms with E-state index in [1.54, 1.807) is 11.8 Å². The fourth-order valence-corrected chi connectivity index (χ4v) is 1.46. The number of rotatable bonds is 0. The highest BCUT2D eigenvalue weighted by Gasteiger charge is 2.08. The van der Waals surface area contributed by atoms with Crippen molar-refractivity contribution in [1.82, 2.24) is 0 Å². The Morgan fingerprint density at radius 2 is 2.71 bits per heavy atom. The number of hydrogen-bond donors (Lipinski definition) is 1. The van der Waals surface area contributed by atoms with Crippen molar-refractivity contribution in [2.24, 2.45) is 5.73 Å². The third-order valence-corrected chi connectivity index (χ3v) is 2.02. The van der Waals surface area contributed by atoms with Gasteiger partial charge in [-0.1, -0.05) is 13.0 Å². The maximum absolute atomic E-state index is 5.45. The highest BCUT2D eigenvalue weighted by molar-refractivity contribution is 8.03. The minimum absolute atomic E-state index is 0.722. The van der Waals surface area contributed by atoms with E-state index in [2.05, 4.69) is 13.0 Å². The summed E-state index contributed by atoms with van der Waals surface area (Å²) in [6, 6.07) is 0. The lowest BCUT2D eigenvalue weighted by Gasteiger charge is -1.94. The summed E-state index contributed by atoms with van der Waals surface area (Å²) in [6.45, 7) is 2.18. The third-order valence-electron chi connectivity index (χ3n) is 0.988. The zero-order valence-corrected chi connectivity index (χ0v) is 5.16. The van der Waals surface area contributed by atoms with Crippen LogP contribution in [0.4, 0.5) is 0 Å². The molecule has 0 aliphatic carbocycles. The first-order valence-electron chi connectivity index (χ1n) is 2.41. The molecule has 0 fully saturated rings. The topological polar surface area (TPSA) is 26.0 Å². The summed E-state index contributed by atoms with van der Waals surface area (Å²) in [4.78, 5) is 0. The van der Waals surface area contributed by atoms with E-state index < -0.39 is 0 Å². The van der Waals surface area contributed by atoms with Gasteiger partial charge in [-0.05, 0) is 6.42 Å². The summed E-state index contributed by atoms with van der Waals surface area (Å²) < 4.78 is 0. The average molecular weight is 115 g/mol. The Balaban J connectivity index is 2.42. The van der Waals surface area contributed by atoms with Crippen molar-refractivity contribution in [3.05, 3.63) is 11.1 Å². The Morgan fingerprint density at radius 1 is 2.00 bits per heavy atom. The lowest BCUT2D eigenvalue weighted by atomic mass is 10.3. The predicted octanol–water partition coefficient (Wildman–Crippen LogP) is 1.31. The zero-order chi connectivity index (χ0) is 5.28. The van der Waals surface area contributed by atoms with E-state index in [0.717, 1.165) is 16.7 Å². The van der Waals surface area contributed by atoms with Crippen LogP contribution in [0.3, 0.4) is 0 Å². The van der Waals surface area contributed by atoms with Crippen LogP contribution in [0.1, 0.15) is 13.3 Å². The Labute approximate surface area is 48.0 Å². The van der Waals surface area contributed by atoms with Gasteiger partial charge in [-0.3, -0.25) is 0 Å². The second-order valence-corrected chi connectivity index (χ2v) is 3.28. The Morgan fingerprint density at radius 3 is 2.86 bits per heavy atom. The van der Waals surface area contributed by atoms with Crippen molar-refractivity contribution in [3.63, 3.8) is 0 Å². The molecule has 1 heterocycles. The molecule has 2 heteroatoms. The summed E-state index contributed by atoms with van der Waals surface area (Å²) >= 11 is 1.76. The number of nitrogens with two attached hydrogens (primary N) is 1. The highest BCUT2D eigenvalue weighted by atomic mass is 32.2. The van der Waals surface area contributed by atoms with Crippen LogP contribution in [0.2, 0.25) is 0 Å². The van der Waals surface area contributed by atoms with E-state index in [9.17, 15) is 0 Å². The van der Waals surface area contributed by atoms with Gasteiger partial charge in [0.05, 0.1) is 5.03 Å². The number of thioether (sulfide) groups is 1. The van der Waals surface area contributed by atoms with E-state index in [4.69, 9.17) is 5.73 Å². The average Bonchev–Trinajstić information content (AvgIpc) is 1.87. The number of hydrogen-bond acceptors (Lipinski definition) is 2. The molecule has 7 heavy (non-hydrogen) atoms. The summed E-state index contributed by atoms with van der Waals surface area (Å²) in [5.74, 6) is 0. The monoisotopic (exact) mass is 115 g/mol. The van der Waals surface area contributed by atoms with Crippen molar-refractivity contribution < 1.29 is 0 Å². The largest absolute Gasteiger partial charge is 0.394 e. The molecule has 2 N–H and O–H groups in total. The molecule has 1 nitrogen and oxygen atoms in total. The molecule has 0 amide bonds. The van der Waals surface area contributed by atoms with Crippen LogP contribution in [-0.4, -0.2) is 5.25 Å². The fraction of sp³-hybridized carbons (Fsp3) is 0.600.